The van der Waals surface area contributed by atoms with E-state index in [0.29, 0.717) is 5.69 Å². The minimum Gasteiger partial charge on any atom is -0.342 e. The van der Waals surface area contributed by atoms with Crippen molar-refractivity contribution in [2.24, 2.45) is 7.05 Å². The molecule has 0 spiro atoms. The first-order valence-corrected chi connectivity index (χ1v) is 7.58. The zero-order chi connectivity index (χ0) is 16.8. The second-order valence-corrected chi connectivity index (χ2v) is 5.78. The molecule has 5 nitrogen and oxygen atoms in total. The third kappa shape index (κ3) is 1.87. The molecule has 116 valence electrons. The molecule has 3 heterocycles. The van der Waals surface area contributed by atoms with Crippen molar-refractivity contribution >= 4 is 21.9 Å². The number of hydrogen-bond donors (Lipinski definition) is 0. The van der Waals surface area contributed by atoms with Gasteiger partial charge in [-0.3, -0.25) is 14.3 Å². The van der Waals surface area contributed by atoms with E-state index in [-0.39, 0.29) is 11.1 Å². The fraction of sp³-hybridized carbons (Fsp3) is 0.105. The lowest BCUT2D eigenvalue weighted by molar-refractivity contribution is 0.983. The van der Waals surface area contributed by atoms with E-state index in [1.54, 1.807) is 16.8 Å². The molecule has 4 aromatic rings. The van der Waals surface area contributed by atoms with Crippen LogP contribution >= 0.6 is 0 Å². The number of aromatic nitrogens is 3. The van der Waals surface area contributed by atoms with Gasteiger partial charge in [0.05, 0.1) is 28.4 Å². The quantitative estimate of drug-likeness (QED) is 0.542. The van der Waals surface area contributed by atoms with Crippen LogP contribution in [0.1, 0.15) is 11.3 Å². The Kier molecular flexibility index (Phi) is 3.00. The molecule has 0 saturated carbocycles. The standard InChI is InChI=1S/C19H14N4O/c1-12-7-8-14(11-21-12)23-18-15-5-3-4-6-16(15)22(2)17(18)9-13(10-20)19(23)24/h3-9,11H,1-2H3. The highest BCUT2D eigenvalue weighted by molar-refractivity contribution is 6.06. The van der Waals surface area contributed by atoms with Crippen LogP contribution in [0.4, 0.5) is 0 Å². The predicted molar refractivity (Wildman–Crippen MR) is 93.3 cm³/mol. The van der Waals surface area contributed by atoms with Gasteiger partial charge in [0.1, 0.15) is 11.6 Å². The maximum absolute atomic E-state index is 12.9. The molecule has 0 N–H and O–H groups in total. The molecule has 4 rings (SSSR count). The molecule has 0 bridgehead atoms. The molecule has 0 radical (unpaired) electrons. The topological polar surface area (TPSA) is 63.6 Å². The van der Waals surface area contributed by atoms with Gasteiger partial charge in [-0.15, -0.1) is 0 Å². The normalized spacial score (nSPS) is 11.0. The van der Waals surface area contributed by atoms with E-state index in [9.17, 15) is 10.1 Å². The monoisotopic (exact) mass is 314 g/mol. The molecule has 0 aliphatic heterocycles. The zero-order valence-electron chi connectivity index (χ0n) is 13.3. The van der Waals surface area contributed by atoms with Crippen LogP contribution in [0.2, 0.25) is 0 Å². The van der Waals surface area contributed by atoms with Gasteiger partial charge in [0.25, 0.3) is 5.56 Å². The first-order valence-electron chi connectivity index (χ1n) is 7.58. The minimum absolute atomic E-state index is 0.119. The summed E-state index contributed by atoms with van der Waals surface area (Å²) < 4.78 is 3.59. The molecule has 0 aliphatic carbocycles. The lowest BCUT2D eigenvalue weighted by Crippen LogP contribution is -2.21. The second-order valence-electron chi connectivity index (χ2n) is 5.78. The molecule has 0 amide bonds. The first-order chi connectivity index (χ1) is 11.6. The average Bonchev–Trinajstić information content (AvgIpc) is 2.88. The summed E-state index contributed by atoms with van der Waals surface area (Å²) in [6.07, 6.45) is 1.67. The highest BCUT2D eigenvalue weighted by Crippen LogP contribution is 2.29. The third-order valence-electron chi connectivity index (χ3n) is 4.34. The molecule has 0 saturated heterocycles. The van der Waals surface area contributed by atoms with Gasteiger partial charge in [-0.25, -0.2) is 0 Å². The summed E-state index contributed by atoms with van der Waals surface area (Å²) in [7, 11) is 1.94. The number of aryl methyl sites for hydroxylation is 2. The highest BCUT2D eigenvalue weighted by Gasteiger charge is 2.17. The van der Waals surface area contributed by atoms with E-state index in [1.165, 1.54) is 0 Å². The van der Waals surface area contributed by atoms with Gasteiger partial charge in [0.15, 0.2) is 0 Å². The number of para-hydroxylation sites is 1. The van der Waals surface area contributed by atoms with Crippen molar-refractivity contribution in [2.45, 2.75) is 6.92 Å². The van der Waals surface area contributed by atoms with Crippen molar-refractivity contribution in [1.82, 2.24) is 14.1 Å². The summed E-state index contributed by atoms with van der Waals surface area (Å²) in [5.74, 6) is 0. The van der Waals surface area contributed by atoms with Crippen LogP contribution in [0.5, 0.6) is 0 Å². The van der Waals surface area contributed by atoms with Crippen LogP contribution in [0.3, 0.4) is 0 Å². The van der Waals surface area contributed by atoms with Crippen LogP contribution in [0.25, 0.3) is 27.6 Å². The summed E-state index contributed by atoms with van der Waals surface area (Å²) in [6, 6.07) is 15.3. The Morgan fingerprint density at radius 3 is 2.62 bits per heavy atom. The Bertz CT molecular complexity index is 1190. The van der Waals surface area contributed by atoms with Crippen molar-refractivity contribution in [3.63, 3.8) is 0 Å². The summed E-state index contributed by atoms with van der Waals surface area (Å²) in [5, 5.41) is 10.3. The van der Waals surface area contributed by atoms with Crippen LogP contribution < -0.4 is 5.56 Å². The molecule has 3 aromatic heterocycles. The third-order valence-corrected chi connectivity index (χ3v) is 4.34. The maximum Gasteiger partial charge on any atom is 0.273 e. The van der Waals surface area contributed by atoms with Crippen molar-refractivity contribution in [2.75, 3.05) is 0 Å². The number of pyridine rings is 2. The van der Waals surface area contributed by atoms with Gasteiger partial charge in [0, 0.05) is 18.1 Å². The van der Waals surface area contributed by atoms with Crippen LogP contribution in [0, 0.1) is 18.3 Å². The van der Waals surface area contributed by atoms with E-state index < -0.39 is 0 Å². The molecule has 5 heteroatoms. The number of nitrogens with zero attached hydrogens (tertiary/aromatic N) is 4. The molecule has 1 aromatic carbocycles. The molecule has 0 aliphatic rings. The Hall–Kier alpha value is -3.39. The van der Waals surface area contributed by atoms with Gasteiger partial charge in [-0.05, 0) is 31.2 Å². The van der Waals surface area contributed by atoms with Gasteiger partial charge in [0.2, 0.25) is 0 Å². The summed E-state index contributed by atoms with van der Waals surface area (Å²) in [6.45, 7) is 1.89. The van der Waals surface area contributed by atoms with E-state index in [0.717, 1.165) is 27.6 Å². The molecule has 0 unspecified atom stereocenters. The predicted octanol–water partition coefficient (Wildman–Crippen LogP) is 3.06. The van der Waals surface area contributed by atoms with E-state index in [1.807, 2.05) is 61.0 Å². The van der Waals surface area contributed by atoms with Crippen molar-refractivity contribution < 1.29 is 0 Å². The highest BCUT2D eigenvalue weighted by atomic mass is 16.1. The van der Waals surface area contributed by atoms with E-state index in [2.05, 4.69) is 4.98 Å². The lowest BCUT2D eigenvalue weighted by Gasteiger charge is -2.09. The number of hydrogen-bond acceptors (Lipinski definition) is 3. The molecular weight excluding hydrogens is 300 g/mol. The van der Waals surface area contributed by atoms with Crippen LogP contribution in [0.15, 0.2) is 53.5 Å². The number of nitriles is 1. The number of rotatable bonds is 1. The average molecular weight is 314 g/mol. The summed E-state index contributed by atoms with van der Waals surface area (Å²) in [4.78, 5) is 17.2. The molecule has 0 atom stereocenters. The zero-order valence-corrected chi connectivity index (χ0v) is 13.3. The van der Waals surface area contributed by atoms with Crippen molar-refractivity contribution in [3.05, 3.63) is 70.3 Å². The SMILES string of the molecule is Cc1ccc(-n2c(=O)c(C#N)cc3c2c2ccccc2n3C)cn1. The van der Waals surface area contributed by atoms with Crippen LogP contribution in [-0.2, 0) is 7.05 Å². The number of benzene rings is 1. The van der Waals surface area contributed by atoms with E-state index in [4.69, 9.17) is 0 Å². The number of fused-ring (bicyclic) bond motifs is 3. The summed E-state index contributed by atoms with van der Waals surface area (Å²) in [5.41, 5.74) is 3.97. The minimum atomic E-state index is -0.327. The first kappa shape index (κ1) is 14.2. The fourth-order valence-corrected chi connectivity index (χ4v) is 3.13. The van der Waals surface area contributed by atoms with Gasteiger partial charge in [-0.1, -0.05) is 18.2 Å². The second kappa shape index (κ2) is 5.07. The Morgan fingerprint density at radius 1 is 1.12 bits per heavy atom. The largest absolute Gasteiger partial charge is 0.342 e. The lowest BCUT2D eigenvalue weighted by atomic mass is 10.2. The van der Waals surface area contributed by atoms with Gasteiger partial charge < -0.3 is 4.57 Å². The molecule has 0 fully saturated rings. The Balaban J connectivity index is 2.28. The van der Waals surface area contributed by atoms with Crippen molar-refractivity contribution in [3.8, 4) is 11.8 Å². The van der Waals surface area contributed by atoms with Crippen molar-refractivity contribution in [1.29, 1.82) is 5.26 Å². The Morgan fingerprint density at radius 2 is 1.92 bits per heavy atom. The fourth-order valence-electron chi connectivity index (χ4n) is 3.13. The van der Waals surface area contributed by atoms with Gasteiger partial charge in [-0.2, -0.15) is 5.26 Å². The maximum atomic E-state index is 12.9. The van der Waals surface area contributed by atoms with Gasteiger partial charge >= 0.3 is 0 Å². The molecule has 24 heavy (non-hydrogen) atoms. The van der Waals surface area contributed by atoms with Crippen LogP contribution in [-0.4, -0.2) is 14.1 Å². The Labute approximate surface area is 138 Å². The summed E-state index contributed by atoms with van der Waals surface area (Å²) >= 11 is 0. The smallest absolute Gasteiger partial charge is 0.273 e. The molecular formula is C19H14N4O. The van der Waals surface area contributed by atoms with E-state index >= 15 is 0 Å².